The van der Waals surface area contributed by atoms with E-state index < -0.39 is 0 Å². The standard InChI is InChI=1S/C21H26N4O2/c1-2-16-14-22-10-7-18(16)21(26)25-13-8-17(15-25)27-19-6-5-9-23-20(19)24-11-3-4-12-24/h5-7,9-10,14,17H,2-4,8,11-13,15H2,1H3/t17-/m1/s1. The number of hydrogen-bond donors (Lipinski definition) is 0. The van der Waals surface area contributed by atoms with Crippen LogP contribution in [0.4, 0.5) is 5.82 Å². The average molecular weight is 366 g/mol. The molecule has 0 spiro atoms. The maximum Gasteiger partial charge on any atom is 0.254 e. The highest BCUT2D eigenvalue weighted by Gasteiger charge is 2.30. The van der Waals surface area contributed by atoms with E-state index in [0.717, 1.165) is 48.6 Å². The largest absolute Gasteiger partial charge is 0.485 e. The first-order valence-corrected chi connectivity index (χ1v) is 9.85. The highest BCUT2D eigenvalue weighted by atomic mass is 16.5. The third-order valence-electron chi connectivity index (χ3n) is 5.40. The summed E-state index contributed by atoms with van der Waals surface area (Å²) in [4.78, 5) is 25.8. The molecule has 6 nitrogen and oxygen atoms in total. The summed E-state index contributed by atoms with van der Waals surface area (Å²) in [5.74, 6) is 1.84. The maximum atomic E-state index is 12.9. The minimum Gasteiger partial charge on any atom is -0.485 e. The van der Waals surface area contributed by atoms with Gasteiger partial charge in [-0.25, -0.2) is 4.98 Å². The molecule has 2 aliphatic heterocycles. The van der Waals surface area contributed by atoms with Gasteiger partial charge in [0.05, 0.1) is 6.54 Å². The first-order chi connectivity index (χ1) is 13.3. The molecule has 4 heterocycles. The Morgan fingerprint density at radius 3 is 2.89 bits per heavy atom. The van der Waals surface area contributed by atoms with Gasteiger partial charge in [0.15, 0.2) is 11.6 Å². The Balaban J connectivity index is 1.44. The summed E-state index contributed by atoms with van der Waals surface area (Å²) in [6, 6.07) is 5.72. The Labute approximate surface area is 160 Å². The highest BCUT2D eigenvalue weighted by Crippen LogP contribution is 2.30. The van der Waals surface area contributed by atoms with Crippen LogP contribution in [-0.4, -0.2) is 53.1 Å². The summed E-state index contributed by atoms with van der Waals surface area (Å²) in [5, 5.41) is 0. The second-order valence-electron chi connectivity index (χ2n) is 7.19. The molecule has 2 aromatic heterocycles. The van der Waals surface area contributed by atoms with Gasteiger partial charge in [0, 0.05) is 50.2 Å². The predicted molar refractivity (Wildman–Crippen MR) is 104 cm³/mol. The molecule has 0 radical (unpaired) electrons. The van der Waals surface area contributed by atoms with Gasteiger partial charge >= 0.3 is 0 Å². The van der Waals surface area contributed by atoms with Crippen molar-refractivity contribution in [2.24, 2.45) is 0 Å². The molecule has 6 heteroatoms. The summed E-state index contributed by atoms with van der Waals surface area (Å²) in [5.41, 5.74) is 1.75. The van der Waals surface area contributed by atoms with Crippen molar-refractivity contribution in [1.82, 2.24) is 14.9 Å². The average Bonchev–Trinajstić information content (AvgIpc) is 3.40. The fourth-order valence-electron chi connectivity index (χ4n) is 3.92. The SMILES string of the molecule is CCc1cnccc1C(=O)N1CC[C@@H](Oc2cccnc2N2CCCC2)C1. The summed E-state index contributed by atoms with van der Waals surface area (Å²) < 4.78 is 6.28. The summed E-state index contributed by atoms with van der Waals surface area (Å²) in [7, 11) is 0. The van der Waals surface area contributed by atoms with Crippen LogP contribution < -0.4 is 9.64 Å². The molecule has 0 N–H and O–H groups in total. The van der Waals surface area contributed by atoms with E-state index >= 15 is 0 Å². The van der Waals surface area contributed by atoms with Gasteiger partial charge in [0.1, 0.15) is 6.10 Å². The van der Waals surface area contributed by atoms with Gasteiger partial charge in [-0.2, -0.15) is 0 Å². The molecule has 27 heavy (non-hydrogen) atoms. The van der Waals surface area contributed by atoms with Gasteiger partial charge < -0.3 is 14.5 Å². The first-order valence-electron chi connectivity index (χ1n) is 9.85. The van der Waals surface area contributed by atoms with Crippen LogP contribution in [0.3, 0.4) is 0 Å². The topological polar surface area (TPSA) is 58.6 Å². The van der Waals surface area contributed by atoms with Crippen molar-refractivity contribution in [3.63, 3.8) is 0 Å². The number of aromatic nitrogens is 2. The zero-order chi connectivity index (χ0) is 18.6. The molecule has 2 fully saturated rings. The van der Waals surface area contributed by atoms with Gasteiger partial charge in [-0.1, -0.05) is 6.92 Å². The molecule has 2 saturated heterocycles. The van der Waals surface area contributed by atoms with Crippen LogP contribution in [0.5, 0.6) is 5.75 Å². The molecule has 142 valence electrons. The third-order valence-corrected chi connectivity index (χ3v) is 5.40. The Morgan fingerprint density at radius 2 is 2.07 bits per heavy atom. The molecule has 0 aliphatic carbocycles. The molecule has 2 aromatic rings. The minimum atomic E-state index is 0.00594. The summed E-state index contributed by atoms with van der Waals surface area (Å²) in [6.07, 6.45) is 9.35. The number of aryl methyl sites for hydroxylation is 1. The van der Waals surface area contributed by atoms with E-state index in [1.165, 1.54) is 12.8 Å². The number of carbonyl (C=O) groups excluding carboxylic acids is 1. The molecule has 1 atom stereocenters. The monoisotopic (exact) mass is 366 g/mol. The normalized spacial score (nSPS) is 19.5. The first kappa shape index (κ1) is 17.8. The number of hydrogen-bond acceptors (Lipinski definition) is 5. The second-order valence-corrected chi connectivity index (χ2v) is 7.19. The van der Waals surface area contributed by atoms with Gasteiger partial charge in [0.2, 0.25) is 0 Å². The quantitative estimate of drug-likeness (QED) is 0.814. The molecule has 0 aromatic carbocycles. The lowest BCUT2D eigenvalue weighted by Gasteiger charge is -2.22. The van der Waals surface area contributed by atoms with Crippen LogP contribution in [0.2, 0.25) is 0 Å². The fraction of sp³-hybridized carbons (Fsp3) is 0.476. The van der Waals surface area contributed by atoms with E-state index in [-0.39, 0.29) is 12.0 Å². The number of anilines is 1. The summed E-state index contributed by atoms with van der Waals surface area (Å²) >= 11 is 0. The molecule has 0 saturated carbocycles. The van der Waals surface area contributed by atoms with Crippen molar-refractivity contribution in [3.05, 3.63) is 47.9 Å². The van der Waals surface area contributed by atoms with E-state index in [4.69, 9.17) is 4.74 Å². The number of likely N-dealkylation sites (tertiary alicyclic amines) is 1. The van der Waals surface area contributed by atoms with Crippen molar-refractivity contribution in [3.8, 4) is 5.75 Å². The Kier molecular flexibility index (Phi) is 5.23. The third kappa shape index (κ3) is 3.75. The van der Waals surface area contributed by atoms with Gasteiger partial charge in [-0.05, 0) is 43.0 Å². The number of pyridine rings is 2. The van der Waals surface area contributed by atoms with Gasteiger partial charge in [0.25, 0.3) is 5.91 Å². The maximum absolute atomic E-state index is 12.9. The van der Waals surface area contributed by atoms with Crippen LogP contribution in [0.25, 0.3) is 0 Å². The molecule has 0 bridgehead atoms. The fourth-order valence-corrected chi connectivity index (χ4v) is 3.92. The minimum absolute atomic E-state index is 0.00594. The lowest BCUT2D eigenvalue weighted by Crippen LogP contribution is -2.32. The van der Waals surface area contributed by atoms with Gasteiger partial charge in [-0.3, -0.25) is 9.78 Å². The number of rotatable bonds is 5. The molecular formula is C21H26N4O2. The van der Waals surface area contributed by atoms with Crippen molar-refractivity contribution < 1.29 is 9.53 Å². The number of nitrogens with zero attached hydrogens (tertiary/aromatic N) is 4. The predicted octanol–water partition coefficient (Wildman–Crippen LogP) is 2.93. The number of carbonyl (C=O) groups is 1. The number of ether oxygens (including phenoxy) is 1. The van der Waals surface area contributed by atoms with E-state index in [1.807, 2.05) is 36.2 Å². The number of amides is 1. The lowest BCUT2D eigenvalue weighted by molar-refractivity contribution is 0.0771. The zero-order valence-corrected chi connectivity index (χ0v) is 15.8. The molecule has 1 amide bonds. The van der Waals surface area contributed by atoms with Gasteiger partial charge in [-0.15, -0.1) is 0 Å². The molecule has 2 aliphatic rings. The van der Waals surface area contributed by atoms with E-state index in [9.17, 15) is 4.79 Å². The van der Waals surface area contributed by atoms with Crippen molar-refractivity contribution in [2.75, 3.05) is 31.1 Å². The summed E-state index contributed by atoms with van der Waals surface area (Å²) in [6.45, 7) is 5.44. The molecule has 0 unspecified atom stereocenters. The molecule has 4 rings (SSSR count). The Morgan fingerprint density at radius 1 is 1.22 bits per heavy atom. The lowest BCUT2D eigenvalue weighted by atomic mass is 10.1. The van der Waals surface area contributed by atoms with Crippen molar-refractivity contribution >= 4 is 11.7 Å². The molecular weight excluding hydrogens is 340 g/mol. The highest BCUT2D eigenvalue weighted by molar-refractivity contribution is 5.95. The van der Waals surface area contributed by atoms with Crippen LogP contribution >= 0.6 is 0 Å². The van der Waals surface area contributed by atoms with E-state index in [1.54, 1.807) is 12.4 Å². The van der Waals surface area contributed by atoms with Crippen LogP contribution in [-0.2, 0) is 6.42 Å². The second kappa shape index (κ2) is 7.94. The van der Waals surface area contributed by atoms with Crippen molar-refractivity contribution in [1.29, 1.82) is 0 Å². The zero-order valence-electron chi connectivity index (χ0n) is 15.8. The smallest absolute Gasteiger partial charge is 0.254 e. The Bertz CT molecular complexity index is 804. The van der Waals surface area contributed by atoms with Crippen LogP contribution in [0.1, 0.15) is 42.1 Å². The van der Waals surface area contributed by atoms with E-state index in [2.05, 4.69) is 14.9 Å². The van der Waals surface area contributed by atoms with Crippen LogP contribution in [0, 0.1) is 0 Å². The van der Waals surface area contributed by atoms with E-state index in [0.29, 0.717) is 13.1 Å². The Hall–Kier alpha value is -2.63. The van der Waals surface area contributed by atoms with Crippen LogP contribution in [0.15, 0.2) is 36.8 Å². The van der Waals surface area contributed by atoms with Crippen molar-refractivity contribution in [2.45, 2.75) is 38.7 Å².